The molecule has 0 amide bonds. The number of ether oxygens (including phenoxy) is 1. The van der Waals surface area contributed by atoms with E-state index >= 15 is 0 Å². The zero-order chi connectivity index (χ0) is 18.0. The van der Waals surface area contributed by atoms with Crippen molar-refractivity contribution in [3.63, 3.8) is 0 Å². The van der Waals surface area contributed by atoms with E-state index in [1.165, 1.54) is 28.6 Å². The Labute approximate surface area is 147 Å². The Bertz CT molecular complexity index is 817. The van der Waals surface area contributed by atoms with E-state index in [9.17, 15) is 8.42 Å². The van der Waals surface area contributed by atoms with Crippen LogP contribution in [0.15, 0.2) is 53.4 Å². The lowest BCUT2D eigenvalue weighted by Gasteiger charge is -2.22. The van der Waals surface area contributed by atoms with Crippen LogP contribution < -0.4 is 10.2 Å². The highest BCUT2D eigenvalue weighted by molar-refractivity contribution is 7.89. The molecule has 0 aliphatic heterocycles. The van der Waals surface area contributed by atoms with E-state index in [0.29, 0.717) is 6.54 Å². The minimum absolute atomic E-state index is 0.00945. The molecule has 6 nitrogen and oxygen atoms in total. The van der Waals surface area contributed by atoms with E-state index in [1.807, 2.05) is 24.3 Å². The molecular weight excluding hydrogens is 341 g/mol. The summed E-state index contributed by atoms with van der Waals surface area (Å²) in [6.45, 7) is 0.293. The number of hydrogen-bond acceptors (Lipinski definition) is 5. The molecular formula is C17H20BNO5S. The second-order valence-corrected chi connectivity index (χ2v) is 7.96. The van der Waals surface area contributed by atoms with Gasteiger partial charge in [0, 0.05) is 12.6 Å². The molecule has 0 spiro atoms. The van der Waals surface area contributed by atoms with E-state index in [-0.39, 0.29) is 16.4 Å². The number of benzene rings is 2. The van der Waals surface area contributed by atoms with Crippen LogP contribution in [0.1, 0.15) is 18.4 Å². The molecule has 1 aliphatic rings. The van der Waals surface area contributed by atoms with Crippen molar-refractivity contribution in [2.75, 3.05) is 7.11 Å². The second kappa shape index (κ2) is 7.17. The molecule has 0 bridgehead atoms. The average molecular weight is 361 g/mol. The van der Waals surface area contributed by atoms with Crippen LogP contribution in [-0.4, -0.2) is 43.0 Å². The van der Waals surface area contributed by atoms with Gasteiger partial charge in [-0.05, 0) is 48.1 Å². The highest BCUT2D eigenvalue weighted by Gasteiger charge is 2.38. The molecule has 0 aromatic heterocycles. The summed E-state index contributed by atoms with van der Waals surface area (Å²) in [5.74, 6) is 0.725. The van der Waals surface area contributed by atoms with Crippen LogP contribution in [0.3, 0.4) is 0 Å². The molecule has 1 fully saturated rings. The molecule has 0 radical (unpaired) electrons. The van der Waals surface area contributed by atoms with Gasteiger partial charge in [0.1, 0.15) is 5.75 Å². The minimum Gasteiger partial charge on any atom is -0.497 e. The fourth-order valence-electron chi connectivity index (χ4n) is 2.63. The first-order valence-corrected chi connectivity index (χ1v) is 9.46. The largest absolute Gasteiger partial charge is 0.497 e. The Kier molecular flexibility index (Phi) is 5.15. The van der Waals surface area contributed by atoms with Gasteiger partial charge in [0.05, 0.1) is 12.0 Å². The molecule has 0 unspecified atom stereocenters. The summed E-state index contributed by atoms with van der Waals surface area (Å²) in [5.41, 5.74) is 1.14. The number of sulfonamides is 1. The van der Waals surface area contributed by atoms with Crippen molar-refractivity contribution in [2.24, 2.45) is 0 Å². The maximum atomic E-state index is 13.0. The van der Waals surface area contributed by atoms with Crippen molar-refractivity contribution in [3.05, 3.63) is 54.1 Å². The first kappa shape index (κ1) is 17.9. The first-order valence-electron chi connectivity index (χ1n) is 8.02. The molecule has 2 aromatic rings. The average Bonchev–Trinajstić information content (AvgIpc) is 3.45. The van der Waals surface area contributed by atoms with Gasteiger partial charge in [0.25, 0.3) is 0 Å². The van der Waals surface area contributed by atoms with Gasteiger partial charge >= 0.3 is 7.12 Å². The lowest BCUT2D eigenvalue weighted by molar-refractivity contribution is 0.397. The Hall–Kier alpha value is -1.87. The van der Waals surface area contributed by atoms with E-state index in [0.717, 1.165) is 24.2 Å². The summed E-state index contributed by atoms with van der Waals surface area (Å²) in [7, 11) is -3.68. The van der Waals surface area contributed by atoms with Gasteiger partial charge in [-0.1, -0.05) is 24.3 Å². The van der Waals surface area contributed by atoms with Crippen molar-refractivity contribution in [1.82, 2.24) is 4.31 Å². The standard InChI is InChI=1S/C17H20BNO5S/c1-24-16-8-2-13(3-9-16)12-19(15-6-7-15)25(22,23)17-10-4-14(5-11-17)18(20)21/h2-5,8-11,15,20-21H,6-7,12H2,1H3. The van der Waals surface area contributed by atoms with E-state index in [2.05, 4.69) is 0 Å². The number of rotatable bonds is 7. The van der Waals surface area contributed by atoms with E-state index in [4.69, 9.17) is 14.8 Å². The van der Waals surface area contributed by atoms with Crippen molar-refractivity contribution in [2.45, 2.75) is 30.3 Å². The van der Waals surface area contributed by atoms with Gasteiger partial charge in [0.15, 0.2) is 0 Å². The van der Waals surface area contributed by atoms with Crippen LogP contribution in [0.5, 0.6) is 5.75 Å². The molecule has 2 aromatic carbocycles. The zero-order valence-electron chi connectivity index (χ0n) is 13.9. The van der Waals surface area contributed by atoms with Crippen molar-refractivity contribution in [3.8, 4) is 5.75 Å². The lowest BCUT2D eigenvalue weighted by atomic mass is 9.81. The third kappa shape index (κ3) is 4.04. The van der Waals surface area contributed by atoms with Crippen molar-refractivity contribution >= 4 is 22.6 Å². The number of nitrogens with zero attached hydrogens (tertiary/aromatic N) is 1. The monoisotopic (exact) mass is 361 g/mol. The molecule has 3 rings (SSSR count). The summed E-state index contributed by atoms with van der Waals surface area (Å²) in [6, 6.07) is 13.0. The smallest absolute Gasteiger partial charge is 0.488 e. The molecule has 25 heavy (non-hydrogen) atoms. The summed E-state index contributed by atoms with van der Waals surface area (Å²) >= 11 is 0. The van der Waals surface area contributed by atoms with Crippen molar-refractivity contribution < 1.29 is 23.2 Å². The Morgan fingerprint density at radius 2 is 1.68 bits per heavy atom. The highest BCUT2D eigenvalue weighted by Crippen LogP contribution is 2.33. The quantitative estimate of drug-likeness (QED) is 0.710. The molecule has 0 saturated heterocycles. The van der Waals surface area contributed by atoms with Crippen LogP contribution >= 0.6 is 0 Å². The lowest BCUT2D eigenvalue weighted by Crippen LogP contribution is -2.34. The highest BCUT2D eigenvalue weighted by atomic mass is 32.2. The Morgan fingerprint density at radius 3 is 2.16 bits per heavy atom. The molecule has 0 atom stereocenters. The molecule has 0 heterocycles. The number of hydrogen-bond donors (Lipinski definition) is 2. The van der Waals surface area contributed by atoms with Gasteiger partial charge < -0.3 is 14.8 Å². The fourth-order valence-corrected chi connectivity index (χ4v) is 4.30. The molecule has 1 aliphatic carbocycles. The van der Waals surface area contributed by atoms with Crippen LogP contribution in [-0.2, 0) is 16.6 Å². The summed E-state index contributed by atoms with van der Waals surface area (Å²) in [6.07, 6.45) is 1.70. The third-order valence-corrected chi connectivity index (χ3v) is 6.15. The molecule has 1 saturated carbocycles. The van der Waals surface area contributed by atoms with Crippen LogP contribution in [0.25, 0.3) is 0 Å². The van der Waals surface area contributed by atoms with Gasteiger partial charge in [-0.15, -0.1) is 0 Å². The zero-order valence-corrected chi connectivity index (χ0v) is 14.7. The van der Waals surface area contributed by atoms with Crippen LogP contribution in [0.2, 0.25) is 0 Å². The maximum Gasteiger partial charge on any atom is 0.488 e. The van der Waals surface area contributed by atoms with E-state index < -0.39 is 17.1 Å². The maximum absolute atomic E-state index is 13.0. The predicted molar refractivity (Wildman–Crippen MR) is 95.0 cm³/mol. The summed E-state index contributed by atoms with van der Waals surface area (Å²) < 4.78 is 32.6. The predicted octanol–water partition coefficient (Wildman–Crippen LogP) is 0.728. The van der Waals surface area contributed by atoms with Crippen LogP contribution in [0.4, 0.5) is 0 Å². The topological polar surface area (TPSA) is 87.1 Å². The summed E-state index contributed by atoms with van der Waals surface area (Å²) in [5, 5.41) is 18.3. The summed E-state index contributed by atoms with van der Waals surface area (Å²) in [4.78, 5) is 0.150. The Morgan fingerprint density at radius 1 is 1.08 bits per heavy atom. The third-order valence-electron chi connectivity index (χ3n) is 4.24. The van der Waals surface area contributed by atoms with E-state index in [1.54, 1.807) is 7.11 Å². The van der Waals surface area contributed by atoms with Gasteiger partial charge in [-0.25, -0.2) is 8.42 Å². The van der Waals surface area contributed by atoms with Gasteiger partial charge in [-0.2, -0.15) is 4.31 Å². The van der Waals surface area contributed by atoms with Gasteiger partial charge in [-0.3, -0.25) is 0 Å². The van der Waals surface area contributed by atoms with Crippen molar-refractivity contribution in [1.29, 1.82) is 0 Å². The van der Waals surface area contributed by atoms with Crippen LogP contribution in [0, 0.1) is 0 Å². The fraction of sp³-hybridized carbons (Fsp3) is 0.294. The normalized spacial score (nSPS) is 14.6. The number of methoxy groups -OCH3 is 1. The molecule has 8 heteroatoms. The second-order valence-electron chi connectivity index (χ2n) is 6.07. The Balaban J connectivity index is 1.85. The van der Waals surface area contributed by atoms with Gasteiger partial charge in [0.2, 0.25) is 10.0 Å². The first-order chi connectivity index (χ1) is 11.9. The molecule has 2 N–H and O–H groups in total. The minimum atomic E-state index is -3.66. The SMILES string of the molecule is COc1ccc(CN(C2CC2)S(=O)(=O)c2ccc(B(O)O)cc2)cc1. The molecule has 132 valence electrons.